The van der Waals surface area contributed by atoms with Gasteiger partial charge in [0.1, 0.15) is 0 Å². The van der Waals surface area contributed by atoms with Gasteiger partial charge in [-0.05, 0) is 26.2 Å². The predicted molar refractivity (Wildman–Crippen MR) is 47.6 cm³/mol. The molecule has 1 fully saturated rings. The Kier molecular flexibility index (Phi) is 2.92. The summed E-state index contributed by atoms with van der Waals surface area (Å²) in [5.41, 5.74) is 10.9. The summed E-state index contributed by atoms with van der Waals surface area (Å²) in [5, 5.41) is 0. The smallest absolute Gasteiger partial charge is 0.315 e. The van der Waals surface area contributed by atoms with Crippen molar-refractivity contribution in [1.29, 1.82) is 0 Å². The zero-order chi connectivity index (χ0) is 9.14. The molecule has 0 aromatic heterocycles. The Morgan fingerprint density at radius 1 is 1.75 bits per heavy atom. The molecule has 0 radical (unpaired) electrons. The molecule has 2 atom stereocenters. The van der Waals surface area contributed by atoms with E-state index in [2.05, 4.69) is 0 Å². The molecule has 1 heterocycles. The summed E-state index contributed by atoms with van der Waals surface area (Å²) in [6, 6.07) is 0.121. The second-order valence-corrected chi connectivity index (χ2v) is 3.54. The van der Waals surface area contributed by atoms with Crippen molar-refractivity contribution in [3.8, 4) is 0 Å². The van der Waals surface area contributed by atoms with Crippen LogP contribution in [0.25, 0.3) is 0 Å². The minimum atomic E-state index is -0.307. The van der Waals surface area contributed by atoms with E-state index in [9.17, 15) is 4.79 Å². The summed E-state index contributed by atoms with van der Waals surface area (Å²) in [4.78, 5) is 12.6. The van der Waals surface area contributed by atoms with Crippen LogP contribution in [0.2, 0.25) is 0 Å². The topological polar surface area (TPSA) is 72.3 Å². The summed E-state index contributed by atoms with van der Waals surface area (Å²) in [6.45, 7) is 2.75. The standard InChI is InChI=1S/C8H17N3O/c1-6(9)5-7-3-2-4-11(7)8(10)12/h6-7H,2-5,9H2,1H3,(H2,10,12). The summed E-state index contributed by atoms with van der Waals surface area (Å²) in [7, 11) is 0. The fourth-order valence-corrected chi connectivity index (χ4v) is 1.80. The van der Waals surface area contributed by atoms with E-state index in [1.807, 2.05) is 6.92 Å². The SMILES string of the molecule is CC(N)CC1CCCN1C(N)=O. The monoisotopic (exact) mass is 171 g/mol. The lowest BCUT2D eigenvalue weighted by molar-refractivity contribution is 0.198. The van der Waals surface area contributed by atoms with E-state index in [0.717, 1.165) is 25.8 Å². The van der Waals surface area contributed by atoms with Crippen molar-refractivity contribution in [2.75, 3.05) is 6.54 Å². The van der Waals surface area contributed by atoms with Crippen molar-refractivity contribution < 1.29 is 4.79 Å². The van der Waals surface area contributed by atoms with Gasteiger partial charge in [0.2, 0.25) is 0 Å². The number of nitrogens with zero attached hydrogens (tertiary/aromatic N) is 1. The van der Waals surface area contributed by atoms with Crippen LogP contribution in [0, 0.1) is 0 Å². The first-order valence-electron chi connectivity index (χ1n) is 4.43. The van der Waals surface area contributed by atoms with E-state index in [-0.39, 0.29) is 18.1 Å². The third-order valence-corrected chi connectivity index (χ3v) is 2.30. The molecule has 4 N–H and O–H groups in total. The predicted octanol–water partition coefficient (Wildman–Crippen LogP) is 0.267. The summed E-state index contributed by atoms with van der Waals surface area (Å²) in [6.07, 6.45) is 2.97. The Labute approximate surface area is 72.9 Å². The molecule has 1 saturated heterocycles. The molecule has 0 bridgehead atoms. The number of amides is 2. The van der Waals surface area contributed by atoms with Gasteiger partial charge in [-0.3, -0.25) is 0 Å². The molecular weight excluding hydrogens is 154 g/mol. The van der Waals surface area contributed by atoms with Crippen LogP contribution in [-0.4, -0.2) is 29.6 Å². The van der Waals surface area contributed by atoms with Crippen molar-refractivity contribution in [2.24, 2.45) is 11.5 Å². The third-order valence-electron chi connectivity index (χ3n) is 2.30. The highest BCUT2D eigenvalue weighted by atomic mass is 16.2. The van der Waals surface area contributed by atoms with Gasteiger partial charge in [-0.1, -0.05) is 0 Å². The van der Waals surface area contributed by atoms with Gasteiger partial charge >= 0.3 is 6.03 Å². The second kappa shape index (κ2) is 3.76. The number of urea groups is 1. The lowest BCUT2D eigenvalue weighted by Crippen LogP contribution is -2.41. The number of carbonyl (C=O) groups is 1. The van der Waals surface area contributed by atoms with Crippen molar-refractivity contribution in [1.82, 2.24) is 4.90 Å². The minimum absolute atomic E-state index is 0.148. The molecule has 4 heteroatoms. The fraction of sp³-hybridized carbons (Fsp3) is 0.875. The van der Waals surface area contributed by atoms with Crippen LogP contribution in [0.4, 0.5) is 4.79 Å². The average Bonchev–Trinajstić information content (AvgIpc) is 2.33. The van der Waals surface area contributed by atoms with Crippen molar-refractivity contribution in [3.05, 3.63) is 0 Å². The normalized spacial score (nSPS) is 25.8. The summed E-state index contributed by atoms with van der Waals surface area (Å²) in [5.74, 6) is 0. The van der Waals surface area contributed by atoms with E-state index >= 15 is 0 Å². The van der Waals surface area contributed by atoms with Crippen LogP contribution >= 0.6 is 0 Å². The largest absolute Gasteiger partial charge is 0.351 e. The zero-order valence-corrected chi connectivity index (χ0v) is 7.49. The van der Waals surface area contributed by atoms with Crippen molar-refractivity contribution in [3.63, 3.8) is 0 Å². The maximum absolute atomic E-state index is 10.9. The van der Waals surface area contributed by atoms with Gasteiger partial charge in [0.25, 0.3) is 0 Å². The Balaban J connectivity index is 2.46. The lowest BCUT2D eigenvalue weighted by Gasteiger charge is -2.23. The van der Waals surface area contributed by atoms with E-state index in [4.69, 9.17) is 11.5 Å². The van der Waals surface area contributed by atoms with Gasteiger partial charge in [0, 0.05) is 18.6 Å². The zero-order valence-electron chi connectivity index (χ0n) is 7.49. The molecule has 0 aromatic rings. The van der Waals surface area contributed by atoms with Crippen LogP contribution in [0.1, 0.15) is 26.2 Å². The molecule has 1 aliphatic heterocycles. The second-order valence-electron chi connectivity index (χ2n) is 3.54. The molecule has 0 spiro atoms. The van der Waals surface area contributed by atoms with Gasteiger partial charge in [-0.2, -0.15) is 0 Å². The van der Waals surface area contributed by atoms with E-state index in [1.165, 1.54) is 0 Å². The Morgan fingerprint density at radius 3 is 2.92 bits per heavy atom. The number of hydrogen-bond acceptors (Lipinski definition) is 2. The van der Waals surface area contributed by atoms with E-state index in [1.54, 1.807) is 4.90 Å². The molecule has 70 valence electrons. The molecule has 2 amide bonds. The van der Waals surface area contributed by atoms with Gasteiger partial charge in [-0.15, -0.1) is 0 Å². The maximum Gasteiger partial charge on any atom is 0.315 e. The lowest BCUT2D eigenvalue weighted by atomic mass is 10.1. The maximum atomic E-state index is 10.9. The number of nitrogens with two attached hydrogens (primary N) is 2. The Hall–Kier alpha value is -0.770. The first kappa shape index (κ1) is 9.32. The highest BCUT2D eigenvalue weighted by Gasteiger charge is 2.27. The van der Waals surface area contributed by atoms with Crippen LogP contribution in [-0.2, 0) is 0 Å². The first-order chi connectivity index (χ1) is 5.61. The number of primary amides is 1. The van der Waals surface area contributed by atoms with Crippen molar-refractivity contribution >= 4 is 6.03 Å². The summed E-state index contributed by atoms with van der Waals surface area (Å²) >= 11 is 0. The molecule has 0 aromatic carbocycles. The Bertz CT molecular complexity index is 170. The molecular formula is C8H17N3O. The number of carbonyl (C=O) groups excluding carboxylic acids is 1. The van der Waals surface area contributed by atoms with Gasteiger partial charge in [-0.25, -0.2) is 4.79 Å². The van der Waals surface area contributed by atoms with E-state index in [0.29, 0.717) is 0 Å². The van der Waals surface area contributed by atoms with Crippen LogP contribution in [0.15, 0.2) is 0 Å². The molecule has 1 rings (SSSR count). The number of likely N-dealkylation sites (tertiary alicyclic amines) is 1. The van der Waals surface area contributed by atoms with Crippen molar-refractivity contribution in [2.45, 2.75) is 38.3 Å². The number of hydrogen-bond donors (Lipinski definition) is 2. The van der Waals surface area contributed by atoms with Crippen LogP contribution in [0.3, 0.4) is 0 Å². The third kappa shape index (κ3) is 2.11. The molecule has 4 nitrogen and oxygen atoms in total. The van der Waals surface area contributed by atoms with Crippen LogP contribution < -0.4 is 11.5 Å². The quantitative estimate of drug-likeness (QED) is 0.625. The highest BCUT2D eigenvalue weighted by molar-refractivity contribution is 5.72. The average molecular weight is 171 g/mol. The van der Waals surface area contributed by atoms with Crippen LogP contribution in [0.5, 0.6) is 0 Å². The first-order valence-corrected chi connectivity index (χ1v) is 4.43. The fourth-order valence-electron chi connectivity index (χ4n) is 1.80. The molecule has 0 aliphatic carbocycles. The summed E-state index contributed by atoms with van der Waals surface area (Å²) < 4.78 is 0. The Morgan fingerprint density at radius 2 is 2.42 bits per heavy atom. The molecule has 2 unspecified atom stereocenters. The minimum Gasteiger partial charge on any atom is -0.351 e. The molecule has 1 aliphatic rings. The van der Waals surface area contributed by atoms with Gasteiger partial charge < -0.3 is 16.4 Å². The molecule has 0 saturated carbocycles. The molecule has 12 heavy (non-hydrogen) atoms. The van der Waals surface area contributed by atoms with Gasteiger partial charge in [0.15, 0.2) is 0 Å². The highest BCUT2D eigenvalue weighted by Crippen LogP contribution is 2.20. The van der Waals surface area contributed by atoms with Gasteiger partial charge in [0.05, 0.1) is 0 Å². The number of rotatable bonds is 2. The van der Waals surface area contributed by atoms with E-state index < -0.39 is 0 Å².